The molecule has 2 N–H and O–H groups in total. The topological polar surface area (TPSA) is 78.5 Å². The first-order valence-electron chi connectivity index (χ1n) is 8.95. The molecule has 2 aliphatic rings. The maximum Gasteiger partial charge on any atom is 0.325 e. The Morgan fingerprint density at radius 3 is 2.73 bits per heavy atom. The van der Waals surface area contributed by atoms with Crippen LogP contribution in [0.15, 0.2) is 12.1 Å². The average molecular weight is 378 g/mol. The van der Waals surface area contributed by atoms with E-state index in [0.717, 1.165) is 35.3 Å². The summed E-state index contributed by atoms with van der Waals surface area (Å²) in [5.41, 5.74) is 1.48. The molecule has 2 fully saturated rings. The van der Waals surface area contributed by atoms with Crippen LogP contribution in [0.2, 0.25) is 5.02 Å². The van der Waals surface area contributed by atoms with E-state index in [9.17, 15) is 14.4 Å². The molecule has 7 heteroatoms. The van der Waals surface area contributed by atoms with E-state index in [0.29, 0.717) is 17.1 Å². The summed E-state index contributed by atoms with van der Waals surface area (Å²) in [6.07, 6.45) is 3.47. The van der Waals surface area contributed by atoms with Crippen molar-refractivity contribution in [2.45, 2.75) is 52.0 Å². The molecule has 26 heavy (non-hydrogen) atoms. The van der Waals surface area contributed by atoms with Crippen LogP contribution in [-0.2, 0) is 9.59 Å². The lowest BCUT2D eigenvalue weighted by molar-refractivity contribution is -0.136. The molecule has 1 aliphatic heterocycles. The van der Waals surface area contributed by atoms with Gasteiger partial charge in [0.25, 0.3) is 5.91 Å². The lowest BCUT2D eigenvalue weighted by Crippen LogP contribution is -2.54. The van der Waals surface area contributed by atoms with E-state index in [2.05, 4.69) is 10.6 Å². The van der Waals surface area contributed by atoms with Crippen LogP contribution < -0.4 is 10.6 Å². The SMILES string of the molecule is Cc1cc(C)c(NC(=O)CN2C(=O)N[C@@]3(CCCC[C@H]3C)C2=O)c(Cl)c1. The molecular weight excluding hydrogens is 354 g/mol. The molecule has 1 aromatic rings. The number of hydrogen-bond acceptors (Lipinski definition) is 3. The van der Waals surface area contributed by atoms with Crippen molar-refractivity contribution in [3.05, 3.63) is 28.3 Å². The molecule has 140 valence electrons. The van der Waals surface area contributed by atoms with Crippen molar-refractivity contribution in [3.8, 4) is 0 Å². The number of rotatable bonds is 3. The van der Waals surface area contributed by atoms with E-state index >= 15 is 0 Å². The van der Waals surface area contributed by atoms with Gasteiger partial charge in [-0.05, 0) is 49.8 Å². The quantitative estimate of drug-likeness (QED) is 0.792. The third-order valence-electron chi connectivity index (χ3n) is 5.50. The molecule has 1 spiro atoms. The number of carbonyl (C=O) groups is 3. The predicted octanol–water partition coefficient (Wildman–Crippen LogP) is 3.40. The average Bonchev–Trinajstić information content (AvgIpc) is 2.79. The fourth-order valence-corrected chi connectivity index (χ4v) is 4.40. The minimum atomic E-state index is -0.854. The Morgan fingerprint density at radius 1 is 1.35 bits per heavy atom. The predicted molar refractivity (Wildman–Crippen MR) is 100 cm³/mol. The number of imide groups is 1. The number of aryl methyl sites for hydroxylation is 2. The van der Waals surface area contributed by atoms with Gasteiger partial charge in [0.05, 0.1) is 10.7 Å². The maximum absolute atomic E-state index is 12.9. The van der Waals surface area contributed by atoms with Crippen LogP contribution in [0.4, 0.5) is 10.5 Å². The van der Waals surface area contributed by atoms with Crippen LogP contribution in [0.25, 0.3) is 0 Å². The third kappa shape index (κ3) is 3.18. The van der Waals surface area contributed by atoms with Gasteiger partial charge < -0.3 is 10.6 Å². The lowest BCUT2D eigenvalue weighted by Gasteiger charge is -2.36. The van der Waals surface area contributed by atoms with Crippen LogP contribution in [0, 0.1) is 19.8 Å². The number of carbonyl (C=O) groups excluding carboxylic acids is 3. The number of nitrogens with zero attached hydrogens (tertiary/aromatic N) is 1. The molecule has 4 amide bonds. The van der Waals surface area contributed by atoms with Crippen LogP contribution in [0.5, 0.6) is 0 Å². The second-order valence-electron chi connectivity index (χ2n) is 7.43. The normalized spacial score (nSPS) is 25.5. The molecule has 0 aromatic heterocycles. The number of hydrogen-bond donors (Lipinski definition) is 2. The fourth-order valence-electron chi connectivity index (χ4n) is 4.04. The van der Waals surface area contributed by atoms with Crippen LogP contribution in [-0.4, -0.2) is 34.8 Å². The van der Waals surface area contributed by atoms with Gasteiger partial charge >= 0.3 is 6.03 Å². The van der Waals surface area contributed by atoms with Gasteiger partial charge in [-0.2, -0.15) is 0 Å². The summed E-state index contributed by atoms with van der Waals surface area (Å²) in [5, 5.41) is 6.02. The highest BCUT2D eigenvalue weighted by molar-refractivity contribution is 6.34. The van der Waals surface area contributed by atoms with Crippen molar-refractivity contribution in [2.24, 2.45) is 5.92 Å². The van der Waals surface area contributed by atoms with E-state index in [1.807, 2.05) is 26.8 Å². The molecule has 0 radical (unpaired) electrons. The van der Waals surface area contributed by atoms with Crippen molar-refractivity contribution in [3.63, 3.8) is 0 Å². The Labute approximate surface area is 158 Å². The Morgan fingerprint density at radius 2 is 2.08 bits per heavy atom. The first-order chi connectivity index (χ1) is 12.2. The van der Waals surface area contributed by atoms with E-state index in [-0.39, 0.29) is 18.4 Å². The molecule has 1 heterocycles. The summed E-state index contributed by atoms with van der Waals surface area (Å²) in [6.45, 7) is 5.43. The van der Waals surface area contributed by atoms with Gasteiger partial charge in [0.1, 0.15) is 12.1 Å². The summed E-state index contributed by atoms with van der Waals surface area (Å²) < 4.78 is 0. The number of nitrogens with one attached hydrogen (secondary N) is 2. The molecule has 0 bridgehead atoms. The largest absolute Gasteiger partial charge is 0.325 e. The second-order valence-corrected chi connectivity index (χ2v) is 7.83. The fraction of sp³-hybridized carbons (Fsp3) is 0.526. The van der Waals surface area contributed by atoms with Gasteiger partial charge in [0.2, 0.25) is 5.91 Å². The van der Waals surface area contributed by atoms with Crippen molar-refractivity contribution in [1.82, 2.24) is 10.2 Å². The molecule has 3 rings (SSSR count). The number of halogens is 1. The first kappa shape index (κ1) is 18.7. The van der Waals surface area contributed by atoms with Crippen LogP contribution in [0.1, 0.15) is 43.7 Å². The van der Waals surface area contributed by atoms with E-state index in [1.54, 1.807) is 6.07 Å². The minimum Gasteiger partial charge on any atom is -0.323 e. The minimum absolute atomic E-state index is 0.0644. The molecule has 1 aliphatic carbocycles. The molecule has 1 saturated heterocycles. The number of anilines is 1. The van der Waals surface area contributed by atoms with Gasteiger partial charge in [-0.15, -0.1) is 0 Å². The Balaban J connectivity index is 1.74. The highest BCUT2D eigenvalue weighted by Crippen LogP contribution is 2.38. The van der Waals surface area contributed by atoms with Crippen molar-refractivity contribution in [2.75, 3.05) is 11.9 Å². The molecule has 6 nitrogen and oxygen atoms in total. The standard InChI is InChI=1S/C19H24ClN3O3/c1-11-8-12(2)16(14(20)9-11)21-15(24)10-23-17(25)19(22-18(23)26)7-5-4-6-13(19)3/h8-9,13H,4-7,10H2,1-3H3,(H,21,24)(H,22,26)/t13-,19-/m1/s1. The van der Waals surface area contributed by atoms with Crippen LogP contribution >= 0.6 is 11.6 Å². The van der Waals surface area contributed by atoms with Gasteiger partial charge in [-0.3, -0.25) is 14.5 Å². The van der Waals surface area contributed by atoms with Crippen LogP contribution in [0.3, 0.4) is 0 Å². The Hall–Kier alpha value is -2.08. The molecule has 2 atom stereocenters. The summed E-state index contributed by atoms with van der Waals surface area (Å²) in [4.78, 5) is 38.7. The molecule has 1 saturated carbocycles. The first-order valence-corrected chi connectivity index (χ1v) is 9.33. The monoisotopic (exact) mass is 377 g/mol. The smallest absolute Gasteiger partial charge is 0.323 e. The number of amides is 4. The lowest BCUT2D eigenvalue weighted by atomic mass is 9.73. The Kier molecular flexibility index (Phi) is 4.97. The summed E-state index contributed by atoms with van der Waals surface area (Å²) in [7, 11) is 0. The van der Waals surface area contributed by atoms with Gasteiger partial charge in [-0.25, -0.2) is 4.79 Å². The molecular formula is C19H24ClN3O3. The highest BCUT2D eigenvalue weighted by atomic mass is 35.5. The van der Waals surface area contributed by atoms with Gasteiger partial charge in [0.15, 0.2) is 0 Å². The summed E-state index contributed by atoms with van der Waals surface area (Å²) in [6, 6.07) is 3.18. The second kappa shape index (κ2) is 6.91. The zero-order valence-corrected chi connectivity index (χ0v) is 16.1. The summed E-state index contributed by atoms with van der Waals surface area (Å²) >= 11 is 6.21. The third-order valence-corrected chi connectivity index (χ3v) is 5.80. The van der Waals surface area contributed by atoms with Gasteiger partial charge in [-0.1, -0.05) is 37.4 Å². The van der Waals surface area contributed by atoms with E-state index < -0.39 is 17.5 Å². The highest BCUT2D eigenvalue weighted by Gasteiger charge is 2.55. The zero-order chi connectivity index (χ0) is 19.1. The molecule has 1 aromatic carbocycles. The van der Waals surface area contributed by atoms with Crippen molar-refractivity contribution >= 4 is 35.1 Å². The number of urea groups is 1. The van der Waals surface area contributed by atoms with E-state index in [4.69, 9.17) is 11.6 Å². The zero-order valence-electron chi connectivity index (χ0n) is 15.3. The number of benzene rings is 1. The van der Waals surface area contributed by atoms with Crippen molar-refractivity contribution < 1.29 is 14.4 Å². The maximum atomic E-state index is 12.9. The summed E-state index contributed by atoms with van der Waals surface area (Å²) in [5.74, 6) is -0.672. The van der Waals surface area contributed by atoms with E-state index in [1.165, 1.54) is 0 Å². The molecule has 0 unspecified atom stereocenters. The Bertz CT molecular complexity index is 756. The van der Waals surface area contributed by atoms with Gasteiger partial charge in [0, 0.05) is 0 Å². The van der Waals surface area contributed by atoms with Crippen molar-refractivity contribution in [1.29, 1.82) is 0 Å².